The fourth-order valence-electron chi connectivity index (χ4n) is 4.23. The van der Waals surface area contributed by atoms with E-state index in [1.54, 1.807) is 12.4 Å². The highest BCUT2D eigenvalue weighted by Crippen LogP contribution is 2.29. The van der Waals surface area contributed by atoms with Crippen LogP contribution in [0.1, 0.15) is 36.2 Å². The maximum Gasteiger partial charge on any atom is 0.254 e. The molecule has 0 N–H and O–H groups in total. The molecule has 3 aromatic rings. The number of hydrogen-bond donors (Lipinski definition) is 0. The predicted molar refractivity (Wildman–Crippen MR) is 109 cm³/mol. The Bertz CT molecular complexity index is 974. The van der Waals surface area contributed by atoms with E-state index in [9.17, 15) is 4.79 Å². The molecule has 138 valence electrons. The predicted octanol–water partition coefficient (Wildman–Crippen LogP) is 4.72. The second-order valence-corrected chi connectivity index (χ2v) is 7.92. The smallest absolute Gasteiger partial charge is 0.254 e. The molecule has 1 aliphatic rings. The van der Waals surface area contributed by atoms with Gasteiger partial charge in [0.15, 0.2) is 0 Å². The topological polar surface area (TPSA) is 46.1 Å². The van der Waals surface area contributed by atoms with Crippen LogP contribution in [0.25, 0.3) is 22.2 Å². The largest absolute Gasteiger partial charge is 0.338 e. The third kappa shape index (κ3) is 3.44. The van der Waals surface area contributed by atoms with Crippen LogP contribution in [0.5, 0.6) is 0 Å². The van der Waals surface area contributed by atoms with Gasteiger partial charge in [0.05, 0.1) is 16.8 Å². The Labute approximate surface area is 160 Å². The standard InChI is InChI=1S/C23H25N3O/c1-15-10-16(2)14-26(13-15)23(27)20-11-21(18-7-5-9-24-12-18)25-22-17(3)6-4-8-19(20)22/h4-9,11-12,15-16H,10,13-14H2,1-3H3/t15-,16-/m0/s1. The zero-order valence-corrected chi connectivity index (χ0v) is 16.1. The van der Waals surface area contributed by atoms with Gasteiger partial charge < -0.3 is 4.90 Å². The number of nitrogens with zero attached hydrogens (tertiary/aromatic N) is 3. The van der Waals surface area contributed by atoms with E-state index >= 15 is 0 Å². The Morgan fingerprint density at radius 2 is 1.89 bits per heavy atom. The lowest BCUT2D eigenvalue weighted by molar-refractivity contribution is 0.0625. The number of aromatic nitrogens is 2. The summed E-state index contributed by atoms with van der Waals surface area (Å²) in [6, 6.07) is 11.9. The molecule has 0 radical (unpaired) electrons. The lowest BCUT2D eigenvalue weighted by Gasteiger charge is -2.35. The number of para-hydroxylation sites is 1. The summed E-state index contributed by atoms with van der Waals surface area (Å²) in [7, 11) is 0. The first-order chi connectivity index (χ1) is 13.0. The molecular weight excluding hydrogens is 334 g/mol. The van der Waals surface area contributed by atoms with E-state index in [-0.39, 0.29) is 5.91 Å². The Kier molecular flexibility index (Phi) is 4.65. The van der Waals surface area contributed by atoms with Gasteiger partial charge in [-0.1, -0.05) is 32.0 Å². The average Bonchev–Trinajstić information content (AvgIpc) is 2.67. The van der Waals surface area contributed by atoms with Crippen molar-refractivity contribution < 1.29 is 4.79 Å². The molecule has 0 aliphatic carbocycles. The fourth-order valence-corrected chi connectivity index (χ4v) is 4.23. The van der Waals surface area contributed by atoms with Gasteiger partial charge in [-0.05, 0) is 48.9 Å². The van der Waals surface area contributed by atoms with Crippen LogP contribution in [0, 0.1) is 18.8 Å². The van der Waals surface area contributed by atoms with Crippen LogP contribution < -0.4 is 0 Å². The quantitative estimate of drug-likeness (QED) is 0.665. The average molecular weight is 359 g/mol. The van der Waals surface area contributed by atoms with Crippen molar-refractivity contribution in [3.63, 3.8) is 0 Å². The minimum atomic E-state index is 0.108. The van der Waals surface area contributed by atoms with Crippen LogP contribution in [0.15, 0.2) is 48.8 Å². The molecule has 0 spiro atoms. The molecular formula is C23H25N3O. The van der Waals surface area contributed by atoms with Gasteiger partial charge in [0, 0.05) is 36.4 Å². The Balaban J connectivity index is 1.86. The number of likely N-dealkylation sites (tertiary alicyclic amines) is 1. The van der Waals surface area contributed by atoms with Crippen molar-refractivity contribution in [3.05, 3.63) is 59.9 Å². The monoisotopic (exact) mass is 359 g/mol. The van der Waals surface area contributed by atoms with Crippen molar-refractivity contribution in [2.75, 3.05) is 13.1 Å². The van der Waals surface area contributed by atoms with Crippen molar-refractivity contribution in [2.24, 2.45) is 11.8 Å². The molecule has 2 aromatic heterocycles. The number of pyridine rings is 2. The molecule has 4 heteroatoms. The highest BCUT2D eigenvalue weighted by atomic mass is 16.2. The molecule has 2 atom stereocenters. The third-order valence-electron chi connectivity index (χ3n) is 5.39. The van der Waals surface area contributed by atoms with Crippen molar-refractivity contribution in [1.82, 2.24) is 14.9 Å². The molecule has 1 saturated heterocycles. The highest BCUT2D eigenvalue weighted by molar-refractivity contribution is 6.07. The van der Waals surface area contributed by atoms with Crippen molar-refractivity contribution in [3.8, 4) is 11.3 Å². The first kappa shape index (κ1) is 17.7. The normalized spacial score (nSPS) is 20.0. The molecule has 3 heterocycles. The minimum absolute atomic E-state index is 0.108. The van der Waals surface area contributed by atoms with Crippen LogP contribution in [0.3, 0.4) is 0 Å². The van der Waals surface area contributed by atoms with Crippen LogP contribution in [-0.2, 0) is 0 Å². The van der Waals surface area contributed by atoms with Gasteiger partial charge in [-0.25, -0.2) is 4.98 Å². The first-order valence-corrected chi connectivity index (χ1v) is 9.63. The Hall–Kier alpha value is -2.75. The number of benzene rings is 1. The van der Waals surface area contributed by atoms with Gasteiger partial charge in [0.2, 0.25) is 0 Å². The number of carbonyl (C=O) groups is 1. The van der Waals surface area contributed by atoms with Crippen molar-refractivity contribution >= 4 is 16.8 Å². The van der Waals surface area contributed by atoms with Gasteiger partial charge in [-0.2, -0.15) is 0 Å². The summed E-state index contributed by atoms with van der Waals surface area (Å²) in [6.45, 7) is 8.14. The van der Waals surface area contributed by atoms with E-state index in [4.69, 9.17) is 4.98 Å². The minimum Gasteiger partial charge on any atom is -0.338 e. The second-order valence-electron chi connectivity index (χ2n) is 7.92. The third-order valence-corrected chi connectivity index (χ3v) is 5.39. The summed E-state index contributed by atoms with van der Waals surface area (Å²) >= 11 is 0. The molecule has 4 nitrogen and oxygen atoms in total. The lowest BCUT2D eigenvalue weighted by Crippen LogP contribution is -2.42. The Morgan fingerprint density at radius 1 is 1.11 bits per heavy atom. The summed E-state index contributed by atoms with van der Waals surface area (Å²) in [5.74, 6) is 1.17. The molecule has 1 aliphatic heterocycles. The van der Waals surface area contributed by atoms with E-state index in [0.29, 0.717) is 11.8 Å². The Morgan fingerprint density at radius 3 is 2.59 bits per heavy atom. The molecule has 27 heavy (non-hydrogen) atoms. The summed E-state index contributed by atoms with van der Waals surface area (Å²) in [6.07, 6.45) is 4.73. The number of piperidine rings is 1. The van der Waals surface area contributed by atoms with Crippen LogP contribution in [-0.4, -0.2) is 33.9 Å². The maximum absolute atomic E-state index is 13.5. The SMILES string of the molecule is Cc1cccc2c(C(=O)N3C[C@@H](C)C[C@H](C)C3)cc(-c3cccnc3)nc12. The van der Waals surface area contributed by atoms with E-state index in [1.807, 2.05) is 48.2 Å². The number of fused-ring (bicyclic) bond motifs is 1. The summed E-state index contributed by atoms with van der Waals surface area (Å²) in [5, 5.41) is 0.929. The van der Waals surface area contributed by atoms with Crippen LogP contribution in [0.2, 0.25) is 0 Å². The zero-order chi connectivity index (χ0) is 19.0. The summed E-state index contributed by atoms with van der Waals surface area (Å²) in [5.41, 5.74) is 4.43. The van der Waals surface area contributed by atoms with Gasteiger partial charge in [-0.3, -0.25) is 9.78 Å². The molecule has 1 fully saturated rings. The molecule has 0 saturated carbocycles. The molecule has 0 unspecified atom stereocenters. The fraction of sp³-hybridized carbons (Fsp3) is 0.348. The van der Waals surface area contributed by atoms with Gasteiger partial charge in [0.1, 0.15) is 0 Å². The summed E-state index contributed by atoms with van der Waals surface area (Å²) in [4.78, 5) is 24.6. The van der Waals surface area contributed by atoms with Gasteiger partial charge in [0.25, 0.3) is 5.91 Å². The lowest BCUT2D eigenvalue weighted by atomic mass is 9.91. The van der Waals surface area contributed by atoms with Crippen LogP contribution in [0.4, 0.5) is 0 Å². The number of amides is 1. The molecule has 1 aromatic carbocycles. The van der Waals surface area contributed by atoms with Gasteiger partial charge in [-0.15, -0.1) is 0 Å². The van der Waals surface area contributed by atoms with E-state index in [1.165, 1.54) is 6.42 Å². The van der Waals surface area contributed by atoms with E-state index in [2.05, 4.69) is 18.8 Å². The van der Waals surface area contributed by atoms with Crippen LogP contribution >= 0.6 is 0 Å². The second kappa shape index (κ2) is 7.10. The van der Waals surface area contributed by atoms with Crippen molar-refractivity contribution in [2.45, 2.75) is 27.2 Å². The van der Waals surface area contributed by atoms with Gasteiger partial charge >= 0.3 is 0 Å². The maximum atomic E-state index is 13.5. The number of hydrogen-bond acceptors (Lipinski definition) is 3. The van der Waals surface area contributed by atoms with E-state index < -0.39 is 0 Å². The number of rotatable bonds is 2. The number of carbonyl (C=O) groups excluding carboxylic acids is 1. The van der Waals surface area contributed by atoms with Crippen molar-refractivity contribution in [1.29, 1.82) is 0 Å². The van der Waals surface area contributed by atoms with E-state index in [0.717, 1.165) is 46.4 Å². The molecule has 4 rings (SSSR count). The molecule has 1 amide bonds. The summed E-state index contributed by atoms with van der Waals surface area (Å²) < 4.78 is 0. The zero-order valence-electron chi connectivity index (χ0n) is 16.1. The first-order valence-electron chi connectivity index (χ1n) is 9.63. The number of aryl methyl sites for hydroxylation is 1. The highest BCUT2D eigenvalue weighted by Gasteiger charge is 2.27. The molecule has 0 bridgehead atoms.